The third-order valence-corrected chi connectivity index (χ3v) is 3.29. The van der Waals surface area contributed by atoms with Crippen LogP contribution in [0.15, 0.2) is 0 Å². The fourth-order valence-electron chi connectivity index (χ4n) is 2.14. The first-order valence-corrected chi connectivity index (χ1v) is 6.56. The molecule has 0 spiro atoms. The van der Waals surface area contributed by atoms with Crippen molar-refractivity contribution < 1.29 is 14.3 Å². The van der Waals surface area contributed by atoms with Gasteiger partial charge in [-0.2, -0.15) is 0 Å². The molecule has 0 radical (unpaired) electrons. The van der Waals surface area contributed by atoms with E-state index in [1.807, 2.05) is 0 Å². The Balaban J connectivity index is 2.21. The molecule has 0 aromatic carbocycles. The molecule has 1 heterocycles. The standard InChI is InChI=1S/C13H25NO3/c1-11(2)14(10-13(15)16-3)8-4-6-12-7-5-9-17-12/h11-12H,4-10H2,1-3H3. The summed E-state index contributed by atoms with van der Waals surface area (Å²) in [6.07, 6.45) is 5.02. The molecule has 1 fully saturated rings. The van der Waals surface area contributed by atoms with Crippen molar-refractivity contribution in [3.8, 4) is 0 Å². The maximum atomic E-state index is 11.3. The molecule has 0 aliphatic carbocycles. The third-order valence-electron chi connectivity index (χ3n) is 3.29. The maximum absolute atomic E-state index is 11.3. The monoisotopic (exact) mass is 243 g/mol. The molecule has 1 aliphatic heterocycles. The van der Waals surface area contributed by atoms with Crippen molar-refractivity contribution in [2.24, 2.45) is 0 Å². The van der Waals surface area contributed by atoms with Crippen LogP contribution < -0.4 is 0 Å². The first-order valence-electron chi connectivity index (χ1n) is 6.56. The van der Waals surface area contributed by atoms with Gasteiger partial charge in [-0.25, -0.2) is 0 Å². The van der Waals surface area contributed by atoms with Gasteiger partial charge in [0.1, 0.15) is 0 Å². The molecule has 1 saturated heterocycles. The Morgan fingerprint density at radius 2 is 2.29 bits per heavy atom. The molecule has 0 aromatic heterocycles. The number of carbonyl (C=O) groups excluding carboxylic acids is 1. The van der Waals surface area contributed by atoms with Crippen LogP contribution in [-0.2, 0) is 14.3 Å². The van der Waals surface area contributed by atoms with E-state index in [2.05, 4.69) is 18.7 Å². The highest BCUT2D eigenvalue weighted by Gasteiger charge is 2.17. The minimum Gasteiger partial charge on any atom is -0.468 e. The van der Waals surface area contributed by atoms with Crippen molar-refractivity contribution in [1.82, 2.24) is 4.90 Å². The summed E-state index contributed by atoms with van der Waals surface area (Å²) >= 11 is 0. The van der Waals surface area contributed by atoms with E-state index in [9.17, 15) is 4.79 Å². The highest BCUT2D eigenvalue weighted by atomic mass is 16.5. The Hall–Kier alpha value is -0.610. The van der Waals surface area contributed by atoms with Crippen molar-refractivity contribution in [1.29, 1.82) is 0 Å². The number of hydrogen-bond donors (Lipinski definition) is 0. The van der Waals surface area contributed by atoms with Gasteiger partial charge in [-0.15, -0.1) is 0 Å². The predicted octanol–water partition coefficient (Wildman–Crippen LogP) is 1.83. The largest absolute Gasteiger partial charge is 0.468 e. The Kier molecular flexibility index (Phi) is 6.52. The van der Waals surface area contributed by atoms with Gasteiger partial charge in [0.15, 0.2) is 0 Å². The van der Waals surface area contributed by atoms with E-state index >= 15 is 0 Å². The molecule has 1 atom stereocenters. The van der Waals surface area contributed by atoms with Crippen LogP contribution in [0.5, 0.6) is 0 Å². The summed E-state index contributed by atoms with van der Waals surface area (Å²) in [6.45, 7) is 6.46. The number of nitrogens with zero attached hydrogens (tertiary/aromatic N) is 1. The summed E-state index contributed by atoms with van der Waals surface area (Å²) in [5, 5.41) is 0. The first kappa shape index (κ1) is 14.5. The van der Waals surface area contributed by atoms with Crippen LogP contribution in [0.3, 0.4) is 0 Å². The topological polar surface area (TPSA) is 38.8 Å². The van der Waals surface area contributed by atoms with E-state index in [1.165, 1.54) is 20.0 Å². The van der Waals surface area contributed by atoms with Gasteiger partial charge in [-0.1, -0.05) is 0 Å². The predicted molar refractivity (Wildman–Crippen MR) is 66.9 cm³/mol. The minimum atomic E-state index is -0.157. The summed E-state index contributed by atoms with van der Waals surface area (Å²) in [6, 6.07) is 0.374. The van der Waals surface area contributed by atoms with Crippen LogP contribution in [0, 0.1) is 0 Å². The Bertz CT molecular complexity index is 225. The number of methoxy groups -OCH3 is 1. The van der Waals surface area contributed by atoms with Gasteiger partial charge in [0.05, 0.1) is 19.8 Å². The van der Waals surface area contributed by atoms with E-state index < -0.39 is 0 Å². The third kappa shape index (κ3) is 5.50. The SMILES string of the molecule is COC(=O)CN(CCCC1CCCO1)C(C)C. The quantitative estimate of drug-likeness (QED) is 0.639. The molecule has 4 nitrogen and oxygen atoms in total. The van der Waals surface area contributed by atoms with E-state index in [0.29, 0.717) is 18.7 Å². The molecule has 1 unspecified atom stereocenters. The molecule has 0 N–H and O–H groups in total. The molecule has 0 amide bonds. The van der Waals surface area contributed by atoms with Crippen molar-refractivity contribution in [3.05, 3.63) is 0 Å². The number of hydrogen-bond acceptors (Lipinski definition) is 4. The van der Waals surface area contributed by atoms with Crippen molar-refractivity contribution >= 4 is 5.97 Å². The van der Waals surface area contributed by atoms with Gasteiger partial charge < -0.3 is 9.47 Å². The summed E-state index contributed by atoms with van der Waals surface area (Å²) < 4.78 is 10.3. The van der Waals surface area contributed by atoms with Crippen molar-refractivity contribution in [2.75, 3.05) is 26.8 Å². The molecule has 0 saturated carbocycles. The van der Waals surface area contributed by atoms with E-state index in [4.69, 9.17) is 9.47 Å². The second-order valence-corrected chi connectivity index (χ2v) is 4.92. The second-order valence-electron chi connectivity index (χ2n) is 4.92. The van der Waals surface area contributed by atoms with E-state index in [1.54, 1.807) is 0 Å². The van der Waals surface area contributed by atoms with Gasteiger partial charge in [-0.3, -0.25) is 9.69 Å². The lowest BCUT2D eigenvalue weighted by molar-refractivity contribution is -0.142. The summed E-state index contributed by atoms with van der Waals surface area (Å²) in [4.78, 5) is 13.4. The lowest BCUT2D eigenvalue weighted by Gasteiger charge is -2.25. The number of rotatable bonds is 7. The van der Waals surface area contributed by atoms with E-state index in [0.717, 1.165) is 26.0 Å². The highest BCUT2D eigenvalue weighted by Crippen LogP contribution is 2.17. The molecule has 100 valence electrons. The fraction of sp³-hybridized carbons (Fsp3) is 0.923. The number of esters is 1. The molecule has 0 aromatic rings. The van der Waals surface area contributed by atoms with Gasteiger partial charge in [0.25, 0.3) is 0 Å². The molecule has 17 heavy (non-hydrogen) atoms. The maximum Gasteiger partial charge on any atom is 0.319 e. The molecular weight excluding hydrogens is 218 g/mol. The van der Waals surface area contributed by atoms with Gasteiger partial charge in [0, 0.05) is 12.6 Å². The van der Waals surface area contributed by atoms with Gasteiger partial charge in [-0.05, 0) is 46.1 Å². The van der Waals surface area contributed by atoms with Crippen LogP contribution in [0.1, 0.15) is 39.5 Å². The smallest absolute Gasteiger partial charge is 0.319 e. The molecule has 0 bridgehead atoms. The van der Waals surface area contributed by atoms with Crippen LogP contribution in [0.2, 0.25) is 0 Å². The summed E-state index contributed by atoms with van der Waals surface area (Å²) in [5.41, 5.74) is 0. The number of ether oxygens (including phenoxy) is 2. The van der Waals surface area contributed by atoms with Crippen LogP contribution in [0.25, 0.3) is 0 Å². The second kappa shape index (κ2) is 7.67. The van der Waals surface area contributed by atoms with Crippen LogP contribution in [0.4, 0.5) is 0 Å². The zero-order valence-corrected chi connectivity index (χ0v) is 11.3. The molecule has 1 rings (SSSR count). The highest BCUT2D eigenvalue weighted by molar-refractivity contribution is 5.71. The van der Waals surface area contributed by atoms with Gasteiger partial charge >= 0.3 is 5.97 Å². The number of carbonyl (C=O) groups is 1. The van der Waals surface area contributed by atoms with Crippen LogP contribution in [-0.4, -0.2) is 49.8 Å². The van der Waals surface area contributed by atoms with E-state index in [-0.39, 0.29) is 5.97 Å². The first-order chi connectivity index (χ1) is 8.13. The zero-order valence-electron chi connectivity index (χ0n) is 11.3. The Morgan fingerprint density at radius 1 is 1.53 bits per heavy atom. The Labute approximate surface area is 104 Å². The Morgan fingerprint density at radius 3 is 2.82 bits per heavy atom. The average Bonchev–Trinajstić information content (AvgIpc) is 2.80. The lowest BCUT2D eigenvalue weighted by atomic mass is 10.1. The summed E-state index contributed by atoms with van der Waals surface area (Å²) in [7, 11) is 1.44. The molecule has 1 aliphatic rings. The van der Waals surface area contributed by atoms with Crippen LogP contribution >= 0.6 is 0 Å². The fourth-order valence-corrected chi connectivity index (χ4v) is 2.14. The van der Waals surface area contributed by atoms with Crippen molar-refractivity contribution in [2.45, 2.75) is 51.7 Å². The van der Waals surface area contributed by atoms with Crippen molar-refractivity contribution in [3.63, 3.8) is 0 Å². The lowest BCUT2D eigenvalue weighted by Crippen LogP contribution is -2.37. The molecular formula is C13H25NO3. The van der Waals surface area contributed by atoms with Gasteiger partial charge in [0.2, 0.25) is 0 Å². The minimum absolute atomic E-state index is 0.157. The summed E-state index contributed by atoms with van der Waals surface area (Å²) in [5.74, 6) is -0.157. The average molecular weight is 243 g/mol. The molecule has 4 heteroatoms. The zero-order chi connectivity index (χ0) is 12.7. The normalized spacial score (nSPS) is 20.2.